The Morgan fingerprint density at radius 2 is 2.18 bits per heavy atom. The summed E-state index contributed by atoms with van der Waals surface area (Å²) in [5.41, 5.74) is 0.124. The molecule has 3 aliphatic heterocycles. The van der Waals surface area contributed by atoms with Crippen molar-refractivity contribution in [3.8, 4) is 0 Å². The number of hydrogen-bond donors (Lipinski definition) is 5. The van der Waals surface area contributed by atoms with E-state index in [4.69, 9.17) is 27.5 Å². The van der Waals surface area contributed by atoms with Gasteiger partial charge in [0.1, 0.15) is 18.3 Å². The molecule has 0 radical (unpaired) electrons. The van der Waals surface area contributed by atoms with Crippen molar-refractivity contribution >= 4 is 40.7 Å². The van der Waals surface area contributed by atoms with Crippen molar-refractivity contribution in [2.45, 2.75) is 24.5 Å². The summed E-state index contributed by atoms with van der Waals surface area (Å²) in [5, 5.41) is 39.0. The molecule has 22 heavy (non-hydrogen) atoms. The van der Waals surface area contributed by atoms with E-state index in [2.05, 4.69) is 10.3 Å². The third-order valence-electron chi connectivity index (χ3n) is 3.70. The number of amidine groups is 1. The normalized spacial score (nSPS) is 35.0. The Labute approximate surface area is 129 Å². The average Bonchev–Trinajstić information content (AvgIpc) is 2.87. The van der Waals surface area contributed by atoms with Crippen LogP contribution in [0.15, 0.2) is 4.99 Å². The largest absolute Gasteiger partial charge is 0.394 e. The average molecular weight is 328 g/mol. The number of fused-ring (bicyclic) bond motifs is 1. The van der Waals surface area contributed by atoms with Gasteiger partial charge in [0.2, 0.25) is 12.2 Å². The molecule has 0 unspecified atom stereocenters. The van der Waals surface area contributed by atoms with E-state index in [0.717, 1.165) is 0 Å². The molecule has 3 aliphatic rings. The molecule has 4 atom stereocenters. The minimum atomic E-state index is -1.36. The molecular formula is C11H14N5O5S+. The van der Waals surface area contributed by atoms with Gasteiger partial charge in [-0.3, -0.25) is 15.5 Å². The van der Waals surface area contributed by atoms with E-state index >= 15 is 0 Å². The summed E-state index contributed by atoms with van der Waals surface area (Å²) in [4.78, 5) is 17.2. The Balaban J connectivity index is 2.01. The van der Waals surface area contributed by atoms with Crippen molar-refractivity contribution in [3.63, 3.8) is 0 Å². The van der Waals surface area contributed by atoms with Gasteiger partial charge < -0.3 is 20.1 Å². The summed E-state index contributed by atoms with van der Waals surface area (Å²) in [6.45, 7) is -0.482. The van der Waals surface area contributed by atoms with E-state index in [1.165, 1.54) is 9.48 Å². The summed E-state index contributed by atoms with van der Waals surface area (Å²) in [7, 11) is 1.54. The Bertz CT molecular complexity index is 647. The number of hydrogen-bond acceptors (Lipinski definition) is 7. The highest BCUT2D eigenvalue weighted by atomic mass is 32.1. The lowest BCUT2D eigenvalue weighted by molar-refractivity contribution is -0.370. The predicted molar refractivity (Wildman–Crippen MR) is 76.7 cm³/mol. The number of guanidine groups is 1. The van der Waals surface area contributed by atoms with Crippen molar-refractivity contribution in [1.82, 2.24) is 10.2 Å². The summed E-state index contributed by atoms with van der Waals surface area (Å²) in [6.07, 6.45) is -4.75. The molecule has 1 saturated heterocycles. The molecule has 1 fully saturated rings. The number of rotatable bonds is 2. The van der Waals surface area contributed by atoms with Crippen LogP contribution in [0.4, 0.5) is 0 Å². The first-order chi connectivity index (χ1) is 10.4. The van der Waals surface area contributed by atoms with Crippen LogP contribution in [0.5, 0.6) is 0 Å². The number of aliphatic imine (C=N–C) groups is 1. The standard InChI is InChI=1S/C11H13N5O5S/c1-15-4-7(13-10(12)14-8(4)20)16(11(15)22)9-6(19)5(18)3(2-17)21-9/h3,5-6,9,17-19H,2H2,1H3,(H-,12,14,20)/p+1/t3-,5-,6-,9-/m1/s1. The Morgan fingerprint density at radius 1 is 1.50 bits per heavy atom. The van der Waals surface area contributed by atoms with Gasteiger partial charge in [-0.15, -0.1) is 0 Å². The third-order valence-corrected chi connectivity index (χ3v) is 4.18. The number of carbonyl (C=O) groups is 1. The first kappa shape index (κ1) is 15.1. The van der Waals surface area contributed by atoms with Crippen LogP contribution in [0, 0.1) is 5.41 Å². The summed E-state index contributed by atoms with van der Waals surface area (Å²) >= 11 is 5.24. The number of carbonyl (C=O) groups excluding carboxylic acids is 1. The van der Waals surface area contributed by atoms with Crippen molar-refractivity contribution < 1.29 is 29.4 Å². The summed E-state index contributed by atoms with van der Waals surface area (Å²) in [5.74, 6) is -0.844. The number of amides is 1. The van der Waals surface area contributed by atoms with Gasteiger partial charge in [0.25, 0.3) is 11.5 Å². The highest BCUT2D eigenvalue weighted by Crippen LogP contribution is 2.27. The molecule has 1 amide bonds. The van der Waals surface area contributed by atoms with E-state index in [-0.39, 0.29) is 22.6 Å². The molecule has 11 heteroatoms. The van der Waals surface area contributed by atoms with Crippen LogP contribution in [-0.2, 0) is 9.53 Å². The molecule has 0 aromatic rings. The Kier molecular flexibility index (Phi) is 3.53. The molecular weight excluding hydrogens is 314 g/mol. The van der Waals surface area contributed by atoms with Gasteiger partial charge in [-0.2, -0.15) is 9.89 Å². The zero-order chi connectivity index (χ0) is 16.2. The van der Waals surface area contributed by atoms with Gasteiger partial charge in [-0.25, -0.2) is 4.58 Å². The molecule has 0 saturated carbocycles. The van der Waals surface area contributed by atoms with Crippen molar-refractivity contribution in [2.24, 2.45) is 4.99 Å². The van der Waals surface area contributed by atoms with Gasteiger partial charge >= 0.3 is 11.0 Å². The molecule has 0 aromatic carbocycles. The molecule has 0 spiro atoms. The molecule has 5 N–H and O–H groups in total. The van der Waals surface area contributed by atoms with E-state index in [1.54, 1.807) is 7.05 Å². The maximum atomic E-state index is 12.0. The second-order valence-corrected chi connectivity index (χ2v) is 5.39. The number of ether oxygens (including phenoxy) is 1. The van der Waals surface area contributed by atoms with Crippen LogP contribution < -0.4 is 5.32 Å². The van der Waals surface area contributed by atoms with Crippen LogP contribution >= 0.6 is 12.2 Å². The predicted octanol–water partition coefficient (Wildman–Crippen LogP) is -3.43. The van der Waals surface area contributed by atoms with E-state index in [9.17, 15) is 15.0 Å². The van der Waals surface area contributed by atoms with Crippen molar-refractivity contribution in [1.29, 1.82) is 5.41 Å². The monoisotopic (exact) mass is 328 g/mol. The molecule has 118 valence electrons. The van der Waals surface area contributed by atoms with Crippen LogP contribution in [0.2, 0.25) is 0 Å². The fourth-order valence-corrected chi connectivity index (χ4v) is 2.88. The summed E-state index contributed by atoms with van der Waals surface area (Å²) in [6, 6.07) is 0. The third kappa shape index (κ3) is 1.98. The number of aliphatic hydroxyl groups excluding tert-OH is 3. The molecule has 0 aromatic heterocycles. The van der Waals surface area contributed by atoms with Crippen molar-refractivity contribution in [2.75, 3.05) is 13.7 Å². The molecule has 0 bridgehead atoms. The Hall–Kier alpha value is -1.79. The maximum absolute atomic E-state index is 12.0. The highest BCUT2D eigenvalue weighted by Gasteiger charge is 2.57. The molecule has 3 heterocycles. The minimum Gasteiger partial charge on any atom is -0.394 e. The second kappa shape index (κ2) is 5.14. The second-order valence-electron chi connectivity index (χ2n) is 5.03. The lowest BCUT2D eigenvalue weighted by atomic mass is 10.1. The first-order valence-corrected chi connectivity index (χ1v) is 6.83. The fraction of sp³-hybridized carbons (Fsp3) is 0.545. The van der Waals surface area contributed by atoms with Gasteiger partial charge in [0.05, 0.1) is 13.7 Å². The first-order valence-electron chi connectivity index (χ1n) is 6.42. The minimum absolute atomic E-state index is 0.0658. The quantitative estimate of drug-likeness (QED) is 0.262. The van der Waals surface area contributed by atoms with Gasteiger partial charge in [-0.1, -0.05) is 0 Å². The topological polar surface area (TPSA) is 141 Å². The van der Waals surface area contributed by atoms with Gasteiger partial charge in [-0.05, 0) is 0 Å². The zero-order valence-corrected chi connectivity index (χ0v) is 12.2. The van der Waals surface area contributed by atoms with Gasteiger partial charge in [0.15, 0.2) is 0 Å². The van der Waals surface area contributed by atoms with Crippen LogP contribution in [0.3, 0.4) is 0 Å². The summed E-state index contributed by atoms with van der Waals surface area (Å²) < 4.78 is 6.80. The van der Waals surface area contributed by atoms with Crippen molar-refractivity contribution in [3.05, 3.63) is 0 Å². The molecule has 10 nitrogen and oxygen atoms in total. The lowest BCUT2D eigenvalue weighted by Crippen LogP contribution is -2.53. The zero-order valence-electron chi connectivity index (χ0n) is 11.4. The molecule has 0 aliphatic carbocycles. The van der Waals surface area contributed by atoms with E-state index in [0.29, 0.717) is 0 Å². The highest BCUT2D eigenvalue weighted by molar-refractivity contribution is 7.80. The number of nitrogens with zero attached hydrogens (tertiary/aromatic N) is 3. The SMILES string of the molecule is C[N+]1=C2C(=O)NC(=N)N=C2N([C@@H]2O[C@H](CO)[C@@H](O)[C@H]2O)C1=S. The number of thiocarbonyl (C=S) groups is 1. The smallest absolute Gasteiger partial charge is 0.355 e. The Morgan fingerprint density at radius 3 is 2.77 bits per heavy atom. The van der Waals surface area contributed by atoms with E-state index < -0.39 is 37.1 Å². The van der Waals surface area contributed by atoms with Crippen LogP contribution in [-0.4, -0.2) is 91.5 Å². The lowest BCUT2D eigenvalue weighted by Gasteiger charge is -2.21. The number of nitrogens with one attached hydrogen (secondary N) is 2. The van der Waals surface area contributed by atoms with Crippen LogP contribution in [0.25, 0.3) is 0 Å². The van der Waals surface area contributed by atoms with E-state index in [1.807, 2.05) is 0 Å². The molecule has 3 rings (SSSR count). The number of aliphatic hydroxyl groups is 3. The van der Waals surface area contributed by atoms with Crippen LogP contribution in [0.1, 0.15) is 0 Å². The maximum Gasteiger partial charge on any atom is 0.355 e. The van der Waals surface area contributed by atoms with Gasteiger partial charge in [0, 0.05) is 12.2 Å². The fourth-order valence-electron chi connectivity index (χ4n) is 2.60.